The molecule has 126 valence electrons. The SMILES string of the molecule is CC1OCCC1NC(=O)N1CCCC1CC(O)c1ccccc1. The maximum absolute atomic E-state index is 12.6. The second kappa shape index (κ2) is 7.32. The van der Waals surface area contributed by atoms with E-state index in [-0.39, 0.29) is 24.2 Å². The molecule has 2 saturated heterocycles. The summed E-state index contributed by atoms with van der Waals surface area (Å²) >= 11 is 0. The molecule has 0 spiro atoms. The van der Waals surface area contributed by atoms with Crippen LogP contribution < -0.4 is 5.32 Å². The summed E-state index contributed by atoms with van der Waals surface area (Å²) in [5.74, 6) is 0. The molecule has 2 heterocycles. The van der Waals surface area contributed by atoms with E-state index in [1.54, 1.807) is 0 Å². The van der Waals surface area contributed by atoms with Gasteiger partial charge in [-0.05, 0) is 38.2 Å². The molecule has 4 unspecified atom stereocenters. The minimum Gasteiger partial charge on any atom is -0.388 e. The average molecular weight is 318 g/mol. The predicted octanol–water partition coefficient (Wildman–Crippen LogP) is 2.46. The van der Waals surface area contributed by atoms with Gasteiger partial charge < -0.3 is 20.1 Å². The Bertz CT molecular complexity index is 522. The van der Waals surface area contributed by atoms with Gasteiger partial charge in [0.25, 0.3) is 0 Å². The molecule has 0 radical (unpaired) electrons. The van der Waals surface area contributed by atoms with E-state index < -0.39 is 6.10 Å². The first kappa shape index (κ1) is 16.3. The number of urea groups is 1. The van der Waals surface area contributed by atoms with Crippen LogP contribution in [-0.4, -0.2) is 47.4 Å². The van der Waals surface area contributed by atoms with Crippen molar-refractivity contribution in [3.8, 4) is 0 Å². The van der Waals surface area contributed by atoms with E-state index in [0.717, 1.165) is 31.4 Å². The van der Waals surface area contributed by atoms with E-state index in [4.69, 9.17) is 4.74 Å². The lowest BCUT2D eigenvalue weighted by molar-refractivity contribution is 0.107. The molecule has 2 amide bonds. The third-order valence-corrected chi connectivity index (χ3v) is 5.00. The maximum atomic E-state index is 12.6. The fourth-order valence-electron chi connectivity index (χ4n) is 3.58. The summed E-state index contributed by atoms with van der Waals surface area (Å²) in [6, 6.07) is 9.85. The zero-order valence-electron chi connectivity index (χ0n) is 13.6. The van der Waals surface area contributed by atoms with Crippen LogP contribution >= 0.6 is 0 Å². The molecule has 4 atom stereocenters. The second-order valence-corrected chi connectivity index (χ2v) is 6.57. The Hall–Kier alpha value is -1.59. The topological polar surface area (TPSA) is 61.8 Å². The van der Waals surface area contributed by atoms with Gasteiger partial charge in [0.2, 0.25) is 0 Å². The summed E-state index contributed by atoms with van der Waals surface area (Å²) in [5, 5.41) is 13.5. The first-order chi connectivity index (χ1) is 11.1. The van der Waals surface area contributed by atoms with Crippen molar-refractivity contribution in [3.63, 3.8) is 0 Å². The number of benzene rings is 1. The number of ether oxygens (including phenoxy) is 1. The van der Waals surface area contributed by atoms with Gasteiger partial charge in [-0.1, -0.05) is 30.3 Å². The van der Waals surface area contributed by atoms with Crippen LogP contribution in [0.3, 0.4) is 0 Å². The number of aliphatic hydroxyl groups is 1. The Morgan fingerprint density at radius 2 is 2.17 bits per heavy atom. The number of carbonyl (C=O) groups is 1. The van der Waals surface area contributed by atoms with Gasteiger partial charge in [0, 0.05) is 19.2 Å². The van der Waals surface area contributed by atoms with Crippen molar-refractivity contribution in [1.29, 1.82) is 0 Å². The predicted molar refractivity (Wildman–Crippen MR) is 88.1 cm³/mol. The van der Waals surface area contributed by atoms with Crippen molar-refractivity contribution in [2.45, 2.75) is 56.9 Å². The smallest absolute Gasteiger partial charge is 0.317 e. The van der Waals surface area contributed by atoms with Crippen LogP contribution in [0, 0.1) is 0 Å². The zero-order valence-corrected chi connectivity index (χ0v) is 13.6. The highest BCUT2D eigenvalue weighted by atomic mass is 16.5. The van der Waals surface area contributed by atoms with Gasteiger partial charge in [-0.3, -0.25) is 0 Å². The second-order valence-electron chi connectivity index (χ2n) is 6.57. The molecule has 1 aromatic rings. The van der Waals surface area contributed by atoms with Crippen LogP contribution in [0.2, 0.25) is 0 Å². The van der Waals surface area contributed by atoms with E-state index >= 15 is 0 Å². The van der Waals surface area contributed by atoms with Crippen molar-refractivity contribution in [2.24, 2.45) is 0 Å². The Morgan fingerprint density at radius 1 is 1.39 bits per heavy atom. The van der Waals surface area contributed by atoms with Crippen molar-refractivity contribution >= 4 is 6.03 Å². The van der Waals surface area contributed by atoms with E-state index in [0.29, 0.717) is 13.0 Å². The number of likely N-dealkylation sites (tertiary alicyclic amines) is 1. The summed E-state index contributed by atoms with van der Waals surface area (Å²) in [4.78, 5) is 14.4. The number of nitrogens with one attached hydrogen (secondary N) is 1. The fourth-order valence-corrected chi connectivity index (χ4v) is 3.58. The minimum atomic E-state index is -0.525. The fraction of sp³-hybridized carbons (Fsp3) is 0.611. The maximum Gasteiger partial charge on any atom is 0.317 e. The van der Waals surface area contributed by atoms with Gasteiger partial charge in [-0.25, -0.2) is 4.79 Å². The minimum absolute atomic E-state index is 0.0184. The van der Waals surface area contributed by atoms with Crippen LogP contribution in [0.5, 0.6) is 0 Å². The molecule has 2 N–H and O–H groups in total. The highest BCUT2D eigenvalue weighted by Gasteiger charge is 2.33. The number of hydrogen-bond donors (Lipinski definition) is 2. The summed E-state index contributed by atoms with van der Waals surface area (Å²) in [7, 11) is 0. The number of aliphatic hydroxyl groups excluding tert-OH is 1. The Labute approximate surface area is 137 Å². The molecular formula is C18H26N2O3. The summed E-state index contributed by atoms with van der Waals surface area (Å²) in [5.41, 5.74) is 0.914. The van der Waals surface area contributed by atoms with Gasteiger partial charge in [0.05, 0.1) is 18.2 Å². The molecule has 2 aliphatic rings. The molecule has 0 aromatic heterocycles. The normalized spacial score (nSPS) is 28.8. The number of rotatable bonds is 4. The first-order valence-electron chi connectivity index (χ1n) is 8.57. The first-order valence-corrected chi connectivity index (χ1v) is 8.57. The lowest BCUT2D eigenvalue weighted by atomic mass is 10.0. The van der Waals surface area contributed by atoms with Crippen LogP contribution in [0.1, 0.15) is 44.3 Å². The quantitative estimate of drug-likeness (QED) is 0.896. The van der Waals surface area contributed by atoms with Crippen molar-refractivity contribution < 1.29 is 14.6 Å². The van der Waals surface area contributed by atoms with Crippen LogP contribution in [0.25, 0.3) is 0 Å². The van der Waals surface area contributed by atoms with Gasteiger partial charge in [-0.15, -0.1) is 0 Å². The van der Waals surface area contributed by atoms with E-state index in [9.17, 15) is 9.90 Å². The van der Waals surface area contributed by atoms with Gasteiger partial charge in [-0.2, -0.15) is 0 Å². The summed E-state index contributed by atoms with van der Waals surface area (Å²) in [6.07, 6.45) is 2.97. The lowest BCUT2D eigenvalue weighted by Gasteiger charge is -2.29. The Morgan fingerprint density at radius 3 is 2.87 bits per heavy atom. The van der Waals surface area contributed by atoms with Crippen molar-refractivity contribution in [2.75, 3.05) is 13.2 Å². The molecule has 2 aliphatic heterocycles. The highest BCUT2D eigenvalue weighted by molar-refractivity contribution is 5.75. The standard InChI is InChI=1S/C18H26N2O3/c1-13-16(9-11-23-13)19-18(22)20-10-5-8-15(20)12-17(21)14-6-3-2-4-7-14/h2-4,6-7,13,15-17,21H,5,8-12H2,1H3,(H,19,22). The molecule has 0 bridgehead atoms. The van der Waals surface area contributed by atoms with Gasteiger partial charge in [0.15, 0.2) is 0 Å². The van der Waals surface area contributed by atoms with E-state index in [2.05, 4.69) is 5.32 Å². The molecule has 0 saturated carbocycles. The molecule has 2 fully saturated rings. The molecular weight excluding hydrogens is 292 g/mol. The molecule has 0 aliphatic carbocycles. The molecule has 3 rings (SSSR count). The third kappa shape index (κ3) is 3.85. The summed E-state index contributed by atoms with van der Waals surface area (Å²) < 4.78 is 5.50. The molecule has 5 nitrogen and oxygen atoms in total. The van der Waals surface area contributed by atoms with Crippen LogP contribution in [0.15, 0.2) is 30.3 Å². The van der Waals surface area contributed by atoms with Crippen LogP contribution in [0.4, 0.5) is 4.79 Å². The number of amides is 2. The number of nitrogens with zero attached hydrogens (tertiary/aromatic N) is 1. The molecule has 5 heteroatoms. The van der Waals surface area contributed by atoms with Crippen molar-refractivity contribution in [1.82, 2.24) is 10.2 Å². The van der Waals surface area contributed by atoms with E-state index in [1.807, 2.05) is 42.2 Å². The van der Waals surface area contributed by atoms with Crippen molar-refractivity contribution in [3.05, 3.63) is 35.9 Å². The van der Waals surface area contributed by atoms with E-state index in [1.165, 1.54) is 0 Å². The Kier molecular flexibility index (Phi) is 5.18. The highest BCUT2D eigenvalue weighted by Crippen LogP contribution is 2.27. The third-order valence-electron chi connectivity index (χ3n) is 5.00. The zero-order chi connectivity index (χ0) is 16.2. The number of carbonyl (C=O) groups excluding carboxylic acids is 1. The lowest BCUT2D eigenvalue weighted by Crippen LogP contribution is -2.49. The van der Waals surface area contributed by atoms with Gasteiger partial charge >= 0.3 is 6.03 Å². The Balaban J connectivity index is 1.58. The monoisotopic (exact) mass is 318 g/mol. The van der Waals surface area contributed by atoms with Gasteiger partial charge in [0.1, 0.15) is 0 Å². The average Bonchev–Trinajstić information content (AvgIpc) is 3.18. The molecule has 1 aromatic carbocycles. The number of hydrogen-bond acceptors (Lipinski definition) is 3. The molecule has 23 heavy (non-hydrogen) atoms. The summed E-state index contributed by atoms with van der Waals surface area (Å²) in [6.45, 7) is 3.47. The van der Waals surface area contributed by atoms with Crippen LogP contribution in [-0.2, 0) is 4.74 Å². The largest absolute Gasteiger partial charge is 0.388 e.